The second kappa shape index (κ2) is 5.82. The molecule has 0 bridgehead atoms. The van der Waals surface area contributed by atoms with E-state index in [0.29, 0.717) is 5.69 Å². The lowest BCUT2D eigenvalue weighted by Gasteiger charge is -2.17. The highest BCUT2D eigenvalue weighted by atomic mass is 32.2. The Balaban J connectivity index is 2.64. The maximum atomic E-state index is 8.89. The number of rotatable bonds is 5. The third-order valence-electron chi connectivity index (χ3n) is 1.86. The molecule has 0 saturated heterocycles. The molecule has 0 unspecified atom stereocenters. The molecule has 5 heteroatoms. The molecular weight excluding hydrogens is 198 g/mol. The molecule has 0 atom stereocenters. The highest BCUT2D eigenvalue weighted by molar-refractivity contribution is 7.98. The van der Waals surface area contributed by atoms with Crippen LogP contribution in [0.25, 0.3) is 0 Å². The Morgan fingerprint density at radius 3 is 2.93 bits per heavy atom. The fourth-order valence-electron chi connectivity index (χ4n) is 0.998. The van der Waals surface area contributed by atoms with Crippen LogP contribution in [0.1, 0.15) is 5.69 Å². The molecule has 0 aliphatic carbocycles. The normalized spacial score (nSPS) is 10.2. The number of aliphatic hydroxyl groups is 1. The van der Waals surface area contributed by atoms with Gasteiger partial charge >= 0.3 is 0 Å². The molecule has 78 valence electrons. The summed E-state index contributed by atoms with van der Waals surface area (Å²) in [5, 5.41) is 8.89. The van der Waals surface area contributed by atoms with Gasteiger partial charge in [-0.25, -0.2) is 4.98 Å². The maximum absolute atomic E-state index is 8.89. The van der Waals surface area contributed by atoms with Gasteiger partial charge < -0.3 is 10.0 Å². The number of thioether (sulfide) groups is 1. The summed E-state index contributed by atoms with van der Waals surface area (Å²) in [5.74, 6) is 1.87. The summed E-state index contributed by atoms with van der Waals surface area (Å²) in [5.41, 5.74) is 0.610. The van der Waals surface area contributed by atoms with Crippen molar-refractivity contribution in [2.24, 2.45) is 0 Å². The Morgan fingerprint density at radius 1 is 1.50 bits per heavy atom. The lowest BCUT2D eigenvalue weighted by atomic mass is 10.4. The first-order valence-electron chi connectivity index (χ1n) is 4.39. The molecule has 14 heavy (non-hydrogen) atoms. The standard InChI is InChI=1S/C9H15N3OS/c1-12(3-4-14-2)9-6-10-5-8(7-13)11-9/h5-6,13H,3-4,7H2,1-2H3. The average molecular weight is 213 g/mol. The van der Waals surface area contributed by atoms with Gasteiger partial charge in [-0.3, -0.25) is 4.98 Å². The van der Waals surface area contributed by atoms with E-state index in [4.69, 9.17) is 5.11 Å². The van der Waals surface area contributed by atoms with Crippen LogP contribution in [0.4, 0.5) is 5.82 Å². The molecule has 0 amide bonds. The minimum Gasteiger partial charge on any atom is -0.390 e. The van der Waals surface area contributed by atoms with Crippen molar-refractivity contribution in [2.75, 3.05) is 30.5 Å². The number of anilines is 1. The fourth-order valence-corrected chi connectivity index (χ4v) is 1.45. The van der Waals surface area contributed by atoms with Gasteiger partial charge in [-0.05, 0) is 6.26 Å². The predicted molar refractivity (Wildman–Crippen MR) is 59.6 cm³/mol. The molecule has 0 aliphatic heterocycles. The van der Waals surface area contributed by atoms with Gasteiger partial charge in [-0.1, -0.05) is 0 Å². The molecule has 1 heterocycles. The molecule has 0 radical (unpaired) electrons. The lowest BCUT2D eigenvalue weighted by Crippen LogP contribution is -2.21. The number of nitrogens with zero attached hydrogens (tertiary/aromatic N) is 3. The van der Waals surface area contributed by atoms with E-state index in [1.807, 2.05) is 11.9 Å². The van der Waals surface area contributed by atoms with E-state index < -0.39 is 0 Å². The molecule has 1 aromatic heterocycles. The largest absolute Gasteiger partial charge is 0.390 e. The van der Waals surface area contributed by atoms with Crippen LogP contribution in [0.15, 0.2) is 12.4 Å². The van der Waals surface area contributed by atoms with Crippen LogP contribution in [0, 0.1) is 0 Å². The van der Waals surface area contributed by atoms with Crippen molar-refractivity contribution in [1.82, 2.24) is 9.97 Å². The average Bonchev–Trinajstić information content (AvgIpc) is 2.26. The van der Waals surface area contributed by atoms with Crippen LogP contribution >= 0.6 is 11.8 Å². The highest BCUT2D eigenvalue weighted by Crippen LogP contribution is 2.08. The molecule has 0 aromatic carbocycles. The van der Waals surface area contributed by atoms with Crippen LogP contribution in [0.2, 0.25) is 0 Å². The summed E-state index contributed by atoms with van der Waals surface area (Å²) in [6, 6.07) is 0. The van der Waals surface area contributed by atoms with Crippen LogP contribution in [0.3, 0.4) is 0 Å². The summed E-state index contributed by atoms with van der Waals surface area (Å²) in [6.07, 6.45) is 5.36. The van der Waals surface area contributed by atoms with Crippen molar-refractivity contribution >= 4 is 17.6 Å². The molecule has 0 spiro atoms. The van der Waals surface area contributed by atoms with Crippen molar-refractivity contribution < 1.29 is 5.11 Å². The number of aromatic nitrogens is 2. The van der Waals surface area contributed by atoms with Crippen molar-refractivity contribution in [3.05, 3.63) is 18.1 Å². The monoisotopic (exact) mass is 213 g/mol. The molecule has 1 rings (SSSR count). The highest BCUT2D eigenvalue weighted by Gasteiger charge is 2.02. The Kier molecular flexibility index (Phi) is 4.69. The van der Waals surface area contributed by atoms with E-state index in [1.165, 1.54) is 0 Å². The Labute approximate surface area is 88.4 Å². The van der Waals surface area contributed by atoms with Gasteiger partial charge in [-0.15, -0.1) is 0 Å². The molecular formula is C9H15N3OS. The molecule has 0 fully saturated rings. The molecule has 1 N–H and O–H groups in total. The van der Waals surface area contributed by atoms with Crippen molar-refractivity contribution in [2.45, 2.75) is 6.61 Å². The lowest BCUT2D eigenvalue weighted by molar-refractivity contribution is 0.276. The van der Waals surface area contributed by atoms with Gasteiger partial charge in [0, 0.05) is 19.3 Å². The maximum Gasteiger partial charge on any atom is 0.147 e. The summed E-state index contributed by atoms with van der Waals surface area (Å²) in [7, 11) is 1.97. The first kappa shape index (κ1) is 11.3. The summed E-state index contributed by atoms with van der Waals surface area (Å²) >= 11 is 1.80. The summed E-state index contributed by atoms with van der Waals surface area (Å²) in [6.45, 7) is 0.877. The first-order chi connectivity index (χ1) is 6.77. The van der Waals surface area contributed by atoms with Gasteiger partial charge in [0.05, 0.1) is 24.7 Å². The van der Waals surface area contributed by atoms with E-state index in [1.54, 1.807) is 24.2 Å². The SMILES string of the molecule is CSCCN(C)c1cncc(CO)n1. The zero-order valence-corrected chi connectivity index (χ0v) is 9.29. The Bertz CT molecular complexity index is 283. The van der Waals surface area contributed by atoms with Crippen molar-refractivity contribution in [1.29, 1.82) is 0 Å². The number of aliphatic hydroxyl groups excluding tert-OH is 1. The van der Waals surface area contributed by atoms with Crippen LogP contribution in [-0.4, -0.2) is 40.7 Å². The number of hydrogen-bond acceptors (Lipinski definition) is 5. The molecule has 0 saturated carbocycles. The van der Waals surface area contributed by atoms with Gasteiger partial charge in [0.2, 0.25) is 0 Å². The van der Waals surface area contributed by atoms with E-state index in [9.17, 15) is 0 Å². The smallest absolute Gasteiger partial charge is 0.147 e. The van der Waals surface area contributed by atoms with Crippen LogP contribution < -0.4 is 4.90 Å². The van der Waals surface area contributed by atoms with Gasteiger partial charge in [-0.2, -0.15) is 11.8 Å². The van der Waals surface area contributed by atoms with Crippen LogP contribution in [-0.2, 0) is 6.61 Å². The molecule has 1 aromatic rings. The van der Waals surface area contributed by atoms with E-state index >= 15 is 0 Å². The number of hydrogen-bond donors (Lipinski definition) is 1. The summed E-state index contributed by atoms with van der Waals surface area (Å²) < 4.78 is 0. The third kappa shape index (κ3) is 3.16. The Morgan fingerprint density at radius 2 is 2.29 bits per heavy atom. The second-order valence-corrected chi connectivity index (χ2v) is 3.93. The first-order valence-corrected chi connectivity index (χ1v) is 5.79. The predicted octanol–water partition coefficient (Wildman–Crippen LogP) is 0.768. The quantitative estimate of drug-likeness (QED) is 0.783. The Hall–Kier alpha value is -0.810. The van der Waals surface area contributed by atoms with E-state index in [2.05, 4.69) is 16.2 Å². The van der Waals surface area contributed by atoms with Crippen molar-refractivity contribution in [3.63, 3.8) is 0 Å². The van der Waals surface area contributed by atoms with E-state index in [-0.39, 0.29) is 6.61 Å². The van der Waals surface area contributed by atoms with Gasteiger partial charge in [0.15, 0.2) is 0 Å². The fraction of sp³-hybridized carbons (Fsp3) is 0.556. The van der Waals surface area contributed by atoms with Gasteiger partial charge in [0.1, 0.15) is 5.82 Å². The second-order valence-electron chi connectivity index (χ2n) is 2.94. The third-order valence-corrected chi connectivity index (χ3v) is 2.45. The minimum absolute atomic E-state index is 0.0583. The zero-order valence-electron chi connectivity index (χ0n) is 8.47. The topological polar surface area (TPSA) is 49.2 Å². The minimum atomic E-state index is -0.0583. The summed E-state index contributed by atoms with van der Waals surface area (Å²) in [4.78, 5) is 10.3. The zero-order chi connectivity index (χ0) is 10.4. The molecule has 4 nitrogen and oxygen atoms in total. The van der Waals surface area contributed by atoms with Crippen LogP contribution in [0.5, 0.6) is 0 Å². The van der Waals surface area contributed by atoms with E-state index in [0.717, 1.165) is 18.1 Å². The van der Waals surface area contributed by atoms with Crippen molar-refractivity contribution in [3.8, 4) is 0 Å². The van der Waals surface area contributed by atoms with Gasteiger partial charge in [0.25, 0.3) is 0 Å². The molecule has 0 aliphatic rings.